The lowest BCUT2D eigenvalue weighted by molar-refractivity contribution is 0.0526. The second-order valence-corrected chi connectivity index (χ2v) is 6.69. The van der Waals surface area contributed by atoms with E-state index in [4.69, 9.17) is 9.47 Å². The number of alkyl carbamates (subject to hydrolysis) is 1. The van der Waals surface area contributed by atoms with Gasteiger partial charge in [0, 0.05) is 10.1 Å². The van der Waals surface area contributed by atoms with E-state index in [2.05, 4.69) is 27.9 Å². The zero-order chi connectivity index (χ0) is 15.0. The molecule has 1 aromatic rings. The van der Waals surface area contributed by atoms with Crippen LogP contribution in [0.15, 0.2) is 24.3 Å². The lowest BCUT2D eigenvalue weighted by Crippen LogP contribution is -2.33. The fraction of sp³-hybridized carbons (Fsp3) is 0.533. The van der Waals surface area contributed by atoms with Gasteiger partial charge >= 0.3 is 6.09 Å². The molecule has 112 valence electrons. The third kappa shape index (κ3) is 8.24. The molecule has 0 atom stereocenters. The van der Waals surface area contributed by atoms with Crippen LogP contribution in [0.4, 0.5) is 4.79 Å². The van der Waals surface area contributed by atoms with Gasteiger partial charge in [0.2, 0.25) is 0 Å². The van der Waals surface area contributed by atoms with Crippen molar-refractivity contribution in [2.24, 2.45) is 0 Å². The molecule has 0 fully saturated rings. The van der Waals surface area contributed by atoms with Gasteiger partial charge in [0.1, 0.15) is 11.4 Å². The molecular weight excluding hydrogens is 369 g/mol. The quantitative estimate of drug-likeness (QED) is 0.590. The van der Waals surface area contributed by atoms with Crippen molar-refractivity contribution in [2.75, 3.05) is 13.2 Å². The molecule has 1 N–H and O–H groups in total. The van der Waals surface area contributed by atoms with E-state index in [0.717, 1.165) is 22.2 Å². The lowest BCUT2D eigenvalue weighted by atomic mass is 10.2. The van der Waals surface area contributed by atoms with Crippen LogP contribution in [0.3, 0.4) is 0 Å². The number of unbranched alkanes of at least 4 members (excludes halogenated alkanes) is 1. The summed E-state index contributed by atoms with van der Waals surface area (Å²) in [5.41, 5.74) is -0.447. The normalized spacial score (nSPS) is 11.0. The second-order valence-electron chi connectivity index (χ2n) is 5.44. The largest absolute Gasteiger partial charge is 0.494 e. The minimum atomic E-state index is -0.447. The Bertz CT molecular complexity index is 429. The van der Waals surface area contributed by atoms with Gasteiger partial charge in [-0.05, 0) is 74.4 Å². The fourth-order valence-electron chi connectivity index (χ4n) is 1.48. The maximum atomic E-state index is 11.4. The van der Waals surface area contributed by atoms with Gasteiger partial charge in [0.15, 0.2) is 0 Å². The van der Waals surface area contributed by atoms with Crippen molar-refractivity contribution >= 4 is 28.7 Å². The Morgan fingerprint density at radius 2 is 2.05 bits per heavy atom. The second kappa shape index (κ2) is 8.34. The highest BCUT2D eigenvalue weighted by molar-refractivity contribution is 14.1. The summed E-state index contributed by atoms with van der Waals surface area (Å²) in [5.74, 6) is 0.886. The number of nitrogens with one attached hydrogen (secondary N) is 1. The van der Waals surface area contributed by atoms with Crippen molar-refractivity contribution in [3.05, 3.63) is 27.8 Å². The molecule has 0 aliphatic rings. The number of halogens is 1. The van der Waals surface area contributed by atoms with Crippen LogP contribution in [0.25, 0.3) is 0 Å². The van der Waals surface area contributed by atoms with E-state index in [-0.39, 0.29) is 6.09 Å². The summed E-state index contributed by atoms with van der Waals surface area (Å²) < 4.78 is 11.9. The summed E-state index contributed by atoms with van der Waals surface area (Å²) in [4.78, 5) is 11.4. The van der Waals surface area contributed by atoms with Crippen LogP contribution in [-0.4, -0.2) is 24.8 Å². The van der Waals surface area contributed by atoms with Gasteiger partial charge in [-0.25, -0.2) is 4.79 Å². The monoisotopic (exact) mass is 391 g/mol. The van der Waals surface area contributed by atoms with Crippen molar-refractivity contribution in [2.45, 2.75) is 39.2 Å². The summed E-state index contributed by atoms with van der Waals surface area (Å²) in [7, 11) is 0. The SMILES string of the molecule is CC(C)(C)OC(=O)NCCCCOc1cccc(I)c1. The average Bonchev–Trinajstić information content (AvgIpc) is 2.31. The summed E-state index contributed by atoms with van der Waals surface area (Å²) in [6.07, 6.45) is 1.39. The van der Waals surface area contributed by atoms with Gasteiger partial charge in [-0.15, -0.1) is 0 Å². The highest BCUT2D eigenvalue weighted by Gasteiger charge is 2.15. The number of benzene rings is 1. The van der Waals surface area contributed by atoms with E-state index in [1.807, 2.05) is 45.0 Å². The summed E-state index contributed by atoms with van der Waals surface area (Å²) in [6.45, 7) is 6.80. The predicted molar refractivity (Wildman–Crippen MR) is 88.1 cm³/mol. The number of ether oxygens (including phenoxy) is 2. The number of carbonyl (C=O) groups is 1. The number of hydrogen-bond donors (Lipinski definition) is 1. The highest BCUT2D eigenvalue weighted by Crippen LogP contribution is 2.15. The first-order valence-corrected chi connectivity index (χ1v) is 7.80. The highest BCUT2D eigenvalue weighted by atomic mass is 127. The molecule has 20 heavy (non-hydrogen) atoms. The van der Waals surface area contributed by atoms with Gasteiger partial charge < -0.3 is 14.8 Å². The van der Waals surface area contributed by atoms with Gasteiger partial charge in [0.25, 0.3) is 0 Å². The van der Waals surface area contributed by atoms with Crippen LogP contribution < -0.4 is 10.1 Å². The molecule has 0 saturated heterocycles. The van der Waals surface area contributed by atoms with Crippen LogP contribution in [0.5, 0.6) is 5.75 Å². The maximum absolute atomic E-state index is 11.4. The molecule has 1 aromatic carbocycles. The minimum Gasteiger partial charge on any atom is -0.494 e. The summed E-state index contributed by atoms with van der Waals surface area (Å²) in [5, 5.41) is 2.73. The van der Waals surface area contributed by atoms with Crippen LogP contribution in [0.2, 0.25) is 0 Å². The van der Waals surface area contributed by atoms with E-state index < -0.39 is 5.60 Å². The first-order chi connectivity index (χ1) is 9.37. The Balaban J connectivity index is 2.07. The first-order valence-electron chi connectivity index (χ1n) is 6.72. The Morgan fingerprint density at radius 1 is 1.30 bits per heavy atom. The minimum absolute atomic E-state index is 0.365. The Labute approximate surface area is 134 Å². The number of carbonyl (C=O) groups excluding carboxylic acids is 1. The molecule has 1 amide bonds. The Hall–Kier alpha value is -0.980. The van der Waals surface area contributed by atoms with Crippen molar-refractivity contribution < 1.29 is 14.3 Å². The van der Waals surface area contributed by atoms with Crippen molar-refractivity contribution in [1.82, 2.24) is 5.32 Å². The number of amides is 1. The molecule has 0 unspecified atom stereocenters. The first kappa shape index (κ1) is 17.1. The molecule has 0 radical (unpaired) electrons. The van der Waals surface area contributed by atoms with E-state index in [0.29, 0.717) is 13.2 Å². The average molecular weight is 391 g/mol. The van der Waals surface area contributed by atoms with Crippen molar-refractivity contribution in [3.63, 3.8) is 0 Å². The van der Waals surface area contributed by atoms with Crippen LogP contribution in [-0.2, 0) is 4.74 Å². The smallest absolute Gasteiger partial charge is 0.407 e. The molecule has 0 spiro atoms. The molecular formula is C15H22INO3. The third-order valence-corrected chi connectivity index (χ3v) is 2.98. The van der Waals surface area contributed by atoms with E-state index in [9.17, 15) is 4.79 Å². The zero-order valence-electron chi connectivity index (χ0n) is 12.2. The number of rotatable bonds is 6. The molecule has 0 aliphatic carbocycles. The maximum Gasteiger partial charge on any atom is 0.407 e. The Morgan fingerprint density at radius 3 is 2.70 bits per heavy atom. The number of hydrogen-bond acceptors (Lipinski definition) is 3. The van der Waals surface area contributed by atoms with Crippen molar-refractivity contribution in [1.29, 1.82) is 0 Å². The standard InChI is InChI=1S/C15H22INO3/c1-15(2,3)20-14(18)17-9-4-5-10-19-13-8-6-7-12(16)11-13/h6-8,11H,4-5,9-10H2,1-3H3,(H,17,18). The van der Waals surface area contributed by atoms with E-state index >= 15 is 0 Å². The summed E-state index contributed by atoms with van der Waals surface area (Å²) >= 11 is 2.26. The molecule has 1 rings (SSSR count). The van der Waals surface area contributed by atoms with Crippen LogP contribution in [0.1, 0.15) is 33.6 Å². The van der Waals surface area contributed by atoms with Gasteiger partial charge in [-0.2, -0.15) is 0 Å². The van der Waals surface area contributed by atoms with Crippen LogP contribution >= 0.6 is 22.6 Å². The van der Waals surface area contributed by atoms with Crippen LogP contribution in [0, 0.1) is 3.57 Å². The molecule has 0 aliphatic heterocycles. The predicted octanol–water partition coefficient (Wildman–Crippen LogP) is 3.97. The fourth-order valence-corrected chi connectivity index (χ4v) is 1.99. The lowest BCUT2D eigenvalue weighted by Gasteiger charge is -2.19. The summed E-state index contributed by atoms with van der Waals surface area (Å²) in [6, 6.07) is 7.94. The Kier molecular flexibility index (Phi) is 7.12. The molecule has 4 nitrogen and oxygen atoms in total. The van der Waals surface area contributed by atoms with E-state index in [1.54, 1.807) is 0 Å². The molecule has 0 bridgehead atoms. The van der Waals surface area contributed by atoms with Crippen molar-refractivity contribution in [3.8, 4) is 5.75 Å². The zero-order valence-corrected chi connectivity index (χ0v) is 14.4. The van der Waals surface area contributed by atoms with Gasteiger partial charge in [-0.1, -0.05) is 6.07 Å². The molecule has 0 saturated carbocycles. The molecule has 5 heteroatoms. The molecule has 0 heterocycles. The van der Waals surface area contributed by atoms with Gasteiger partial charge in [-0.3, -0.25) is 0 Å². The molecule has 0 aromatic heterocycles. The van der Waals surface area contributed by atoms with Gasteiger partial charge in [0.05, 0.1) is 6.61 Å². The third-order valence-electron chi connectivity index (χ3n) is 2.30. The van der Waals surface area contributed by atoms with E-state index in [1.165, 1.54) is 0 Å². The topological polar surface area (TPSA) is 47.6 Å².